The van der Waals surface area contributed by atoms with Gasteiger partial charge in [-0.25, -0.2) is 0 Å². The van der Waals surface area contributed by atoms with Crippen LogP contribution in [-0.4, -0.2) is 15.7 Å². The lowest BCUT2D eigenvalue weighted by Crippen LogP contribution is -2.25. The maximum Gasteiger partial charge on any atom is 0.276 e. The highest BCUT2D eigenvalue weighted by Crippen LogP contribution is 2.41. The van der Waals surface area contributed by atoms with Crippen molar-refractivity contribution in [3.05, 3.63) is 47.3 Å². The Bertz CT molecular complexity index is 718. The molecule has 4 heteroatoms. The fraction of sp³-hybridized carbons (Fsp3) is 0.500. The molecule has 3 rings (SSSR count). The number of carbonyl (C=O) groups excluding carboxylic acids is 1. The molecule has 0 atom stereocenters. The molecule has 0 saturated heterocycles. The molecule has 24 heavy (non-hydrogen) atoms. The van der Waals surface area contributed by atoms with Crippen molar-refractivity contribution in [2.75, 3.05) is 5.32 Å². The molecule has 1 amide bonds. The van der Waals surface area contributed by atoms with Crippen LogP contribution in [0.5, 0.6) is 0 Å². The lowest BCUT2D eigenvalue weighted by atomic mass is 10.1. The van der Waals surface area contributed by atoms with Crippen LogP contribution < -0.4 is 5.32 Å². The number of hydrogen-bond donors (Lipinski definition) is 1. The van der Waals surface area contributed by atoms with E-state index in [0.29, 0.717) is 11.6 Å². The Balaban J connectivity index is 1.77. The van der Waals surface area contributed by atoms with Gasteiger partial charge in [0.1, 0.15) is 0 Å². The van der Waals surface area contributed by atoms with Crippen LogP contribution >= 0.6 is 0 Å². The average molecular weight is 325 g/mol. The zero-order chi connectivity index (χ0) is 17.3. The molecular formula is C20H27N3O. The molecule has 4 nitrogen and oxygen atoms in total. The third-order valence-electron chi connectivity index (χ3n) is 4.35. The van der Waals surface area contributed by atoms with Crippen LogP contribution in [0.4, 0.5) is 5.69 Å². The van der Waals surface area contributed by atoms with Gasteiger partial charge in [0.05, 0.1) is 5.54 Å². The minimum absolute atomic E-state index is 0.113. The van der Waals surface area contributed by atoms with E-state index in [1.54, 1.807) is 0 Å². The van der Waals surface area contributed by atoms with Gasteiger partial charge in [-0.2, -0.15) is 5.10 Å². The van der Waals surface area contributed by atoms with E-state index in [-0.39, 0.29) is 11.4 Å². The Kier molecular flexibility index (Phi) is 4.48. The van der Waals surface area contributed by atoms with Crippen molar-refractivity contribution in [2.24, 2.45) is 0 Å². The summed E-state index contributed by atoms with van der Waals surface area (Å²) < 4.78 is 2.02. The van der Waals surface area contributed by atoms with Crippen molar-refractivity contribution < 1.29 is 4.79 Å². The zero-order valence-corrected chi connectivity index (χ0v) is 15.1. The van der Waals surface area contributed by atoms with E-state index in [0.717, 1.165) is 18.5 Å². The highest BCUT2D eigenvalue weighted by atomic mass is 16.1. The summed E-state index contributed by atoms with van der Waals surface area (Å²) in [7, 11) is 0. The SMILES string of the molecule is CCCc1ccc(NC(=O)c2cc(C3CC3)n(C(C)(C)C)n2)cc1. The second-order valence-electron chi connectivity index (χ2n) is 7.71. The summed E-state index contributed by atoms with van der Waals surface area (Å²) in [5, 5.41) is 7.55. The normalized spacial score (nSPS) is 14.7. The van der Waals surface area contributed by atoms with Gasteiger partial charge < -0.3 is 5.32 Å². The van der Waals surface area contributed by atoms with Crippen LogP contribution in [0.25, 0.3) is 0 Å². The van der Waals surface area contributed by atoms with Gasteiger partial charge in [0.2, 0.25) is 0 Å². The van der Waals surface area contributed by atoms with Crippen LogP contribution in [0.15, 0.2) is 30.3 Å². The first-order valence-electron chi connectivity index (χ1n) is 8.89. The first-order chi connectivity index (χ1) is 11.4. The molecule has 1 heterocycles. The lowest BCUT2D eigenvalue weighted by molar-refractivity contribution is 0.102. The van der Waals surface area contributed by atoms with Gasteiger partial charge >= 0.3 is 0 Å². The fourth-order valence-corrected chi connectivity index (χ4v) is 2.95. The second-order valence-corrected chi connectivity index (χ2v) is 7.71. The lowest BCUT2D eigenvalue weighted by Gasteiger charge is -2.22. The van der Waals surface area contributed by atoms with Gasteiger partial charge in [-0.3, -0.25) is 9.48 Å². The number of aryl methyl sites for hydroxylation is 1. The summed E-state index contributed by atoms with van der Waals surface area (Å²) in [6.07, 6.45) is 4.58. The molecule has 1 aromatic carbocycles. The molecule has 1 saturated carbocycles. The summed E-state index contributed by atoms with van der Waals surface area (Å²) >= 11 is 0. The third-order valence-corrected chi connectivity index (χ3v) is 4.35. The minimum atomic E-state index is -0.136. The zero-order valence-electron chi connectivity index (χ0n) is 15.1. The number of rotatable bonds is 5. The molecule has 1 aliphatic rings. The van der Waals surface area contributed by atoms with Gasteiger partial charge in [0.15, 0.2) is 5.69 Å². The van der Waals surface area contributed by atoms with Gasteiger partial charge in [-0.1, -0.05) is 25.5 Å². The molecule has 0 radical (unpaired) electrons. The fourth-order valence-electron chi connectivity index (χ4n) is 2.95. The van der Waals surface area contributed by atoms with Crippen LogP contribution in [0.2, 0.25) is 0 Å². The summed E-state index contributed by atoms with van der Waals surface area (Å²) in [4.78, 5) is 12.6. The molecular weight excluding hydrogens is 298 g/mol. The van der Waals surface area contributed by atoms with Crippen molar-refractivity contribution in [2.45, 2.75) is 64.8 Å². The first kappa shape index (κ1) is 16.7. The van der Waals surface area contributed by atoms with Crippen molar-refractivity contribution in [1.29, 1.82) is 0 Å². The summed E-state index contributed by atoms with van der Waals surface area (Å²) in [5.41, 5.74) is 3.69. The number of amides is 1. The third kappa shape index (κ3) is 3.69. The van der Waals surface area contributed by atoms with Crippen molar-refractivity contribution in [3.8, 4) is 0 Å². The van der Waals surface area contributed by atoms with Gasteiger partial charge in [-0.05, 0) is 63.8 Å². The van der Waals surface area contributed by atoms with Crippen LogP contribution in [0, 0.1) is 0 Å². The number of carbonyl (C=O) groups is 1. The van der Waals surface area contributed by atoms with Crippen molar-refractivity contribution in [1.82, 2.24) is 9.78 Å². The molecule has 1 N–H and O–H groups in total. The predicted octanol–water partition coefficient (Wildman–Crippen LogP) is 4.72. The molecule has 128 valence electrons. The monoisotopic (exact) mass is 325 g/mol. The average Bonchev–Trinajstić information content (AvgIpc) is 3.26. The number of hydrogen-bond acceptors (Lipinski definition) is 2. The molecule has 2 aromatic rings. The summed E-state index contributed by atoms with van der Waals surface area (Å²) in [6, 6.07) is 10.0. The molecule has 0 unspecified atom stereocenters. The molecule has 1 aromatic heterocycles. The number of nitrogens with one attached hydrogen (secondary N) is 1. The largest absolute Gasteiger partial charge is 0.321 e. The number of nitrogens with zero attached hydrogens (tertiary/aromatic N) is 2. The van der Waals surface area contributed by atoms with E-state index in [2.05, 4.69) is 50.2 Å². The summed E-state index contributed by atoms with van der Waals surface area (Å²) in [5.74, 6) is 0.426. The molecule has 1 aliphatic carbocycles. The Labute approximate surface area is 144 Å². The van der Waals surface area contributed by atoms with Crippen LogP contribution in [-0.2, 0) is 12.0 Å². The van der Waals surface area contributed by atoms with Crippen LogP contribution in [0.3, 0.4) is 0 Å². The van der Waals surface area contributed by atoms with Crippen molar-refractivity contribution >= 4 is 11.6 Å². The number of aromatic nitrogens is 2. The van der Waals surface area contributed by atoms with Crippen LogP contribution in [0.1, 0.15) is 74.6 Å². The number of benzene rings is 1. The van der Waals surface area contributed by atoms with E-state index in [1.807, 2.05) is 22.9 Å². The van der Waals surface area contributed by atoms with Crippen molar-refractivity contribution in [3.63, 3.8) is 0 Å². The standard InChI is InChI=1S/C20H27N3O/c1-5-6-14-7-11-16(12-8-14)21-19(24)17-13-18(15-9-10-15)23(22-17)20(2,3)4/h7-8,11-13,15H,5-6,9-10H2,1-4H3,(H,21,24). The first-order valence-corrected chi connectivity index (χ1v) is 8.89. The Morgan fingerprint density at radius 1 is 1.25 bits per heavy atom. The molecule has 0 spiro atoms. The number of anilines is 1. The Hall–Kier alpha value is -2.10. The maximum absolute atomic E-state index is 12.6. The second kappa shape index (κ2) is 6.42. The maximum atomic E-state index is 12.6. The van der Waals surface area contributed by atoms with Gasteiger partial charge in [0.25, 0.3) is 5.91 Å². The Morgan fingerprint density at radius 3 is 2.46 bits per heavy atom. The smallest absolute Gasteiger partial charge is 0.276 e. The van der Waals surface area contributed by atoms with E-state index in [4.69, 9.17) is 0 Å². The van der Waals surface area contributed by atoms with E-state index >= 15 is 0 Å². The minimum Gasteiger partial charge on any atom is -0.321 e. The van der Waals surface area contributed by atoms with Gasteiger partial charge in [-0.15, -0.1) is 0 Å². The highest BCUT2D eigenvalue weighted by molar-refractivity contribution is 6.02. The van der Waals surface area contributed by atoms with E-state index in [1.165, 1.54) is 24.1 Å². The predicted molar refractivity (Wildman–Crippen MR) is 97.6 cm³/mol. The van der Waals surface area contributed by atoms with Gasteiger partial charge in [0, 0.05) is 17.3 Å². The summed E-state index contributed by atoms with van der Waals surface area (Å²) in [6.45, 7) is 8.54. The quantitative estimate of drug-likeness (QED) is 0.864. The van der Waals surface area contributed by atoms with E-state index < -0.39 is 0 Å². The molecule has 0 aliphatic heterocycles. The highest BCUT2D eigenvalue weighted by Gasteiger charge is 2.32. The van der Waals surface area contributed by atoms with E-state index in [9.17, 15) is 4.79 Å². The topological polar surface area (TPSA) is 46.9 Å². The Morgan fingerprint density at radius 2 is 1.92 bits per heavy atom. The molecule has 1 fully saturated rings. The molecule has 0 bridgehead atoms.